The second-order valence-corrected chi connectivity index (χ2v) is 6.25. The number of aliphatic hydroxyl groups is 1. The Bertz CT molecular complexity index is 672. The molecule has 5 heteroatoms. The van der Waals surface area contributed by atoms with Crippen molar-refractivity contribution >= 4 is 5.91 Å². The van der Waals surface area contributed by atoms with E-state index in [1.807, 2.05) is 18.2 Å². The molecule has 0 bridgehead atoms. The predicted octanol–water partition coefficient (Wildman–Crippen LogP) is 2.63. The van der Waals surface area contributed by atoms with Crippen molar-refractivity contribution in [1.29, 1.82) is 0 Å². The van der Waals surface area contributed by atoms with Crippen LogP contribution in [0.2, 0.25) is 0 Å². The normalized spacial score (nSPS) is 16.0. The van der Waals surface area contributed by atoms with Crippen LogP contribution < -0.4 is 11.1 Å². The number of rotatable bonds is 6. The zero-order valence-corrected chi connectivity index (χ0v) is 13.9. The van der Waals surface area contributed by atoms with E-state index in [4.69, 9.17) is 5.73 Å². The molecule has 1 amide bonds. The quantitative estimate of drug-likeness (QED) is 0.762. The highest BCUT2D eigenvalue weighted by atomic mass is 19.1. The molecule has 0 aliphatic rings. The standard InChI is InChI=1S/C19H23FN2O2/c1-13(12-17(23)14-8-10-16(20)11-9-14)22-18(24)19(2,21)15-6-4-3-5-7-15/h3-11,13,17,23H,12,21H2,1-2H3,(H,22,24). The average molecular weight is 330 g/mol. The van der Waals surface area contributed by atoms with Gasteiger partial charge in [0.15, 0.2) is 0 Å². The second kappa shape index (κ2) is 7.55. The number of benzene rings is 2. The molecule has 0 spiro atoms. The van der Waals surface area contributed by atoms with Crippen LogP contribution >= 0.6 is 0 Å². The van der Waals surface area contributed by atoms with Crippen LogP contribution in [-0.4, -0.2) is 17.1 Å². The maximum Gasteiger partial charge on any atom is 0.244 e. The molecular formula is C19H23FN2O2. The van der Waals surface area contributed by atoms with Gasteiger partial charge in [0.2, 0.25) is 5.91 Å². The number of aliphatic hydroxyl groups excluding tert-OH is 1. The van der Waals surface area contributed by atoms with Crippen LogP contribution in [0.15, 0.2) is 54.6 Å². The van der Waals surface area contributed by atoms with Crippen LogP contribution in [0.1, 0.15) is 37.5 Å². The largest absolute Gasteiger partial charge is 0.388 e. The van der Waals surface area contributed by atoms with E-state index in [2.05, 4.69) is 5.32 Å². The van der Waals surface area contributed by atoms with Crippen molar-refractivity contribution in [2.24, 2.45) is 5.73 Å². The molecule has 0 saturated carbocycles. The number of carbonyl (C=O) groups excluding carboxylic acids is 1. The topological polar surface area (TPSA) is 75.3 Å². The van der Waals surface area contributed by atoms with Crippen LogP contribution in [0.3, 0.4) is 0 Å². The van der Waals surface area contributed by atoms with Gasteiger partial charge in [0, 0.05) is 6.04 Å². The Morgan fingerprint density at radius 3 is 2.38 bits per heavy atom. The average Bonchev–Trinajstić information content (AvgIpc) is 2.56. The molecule has 128 valence electrons. The fraction of sp³-hybridized carbons (Fsp3) is 0.316. The van der Waals surface area contributed by atoms with Crippen molar-refractivity contribution < 1.29 is 14.3 Å². The van der Waals surface area contributed by atoms with Gasteiger partial charge in [0.1, 0.15) is 11.4 Å². The Labute approximate surface area is 141 Å². The van der Waals surface area contributed by atoms with Crippen molar-refractivity contribution in [2.75, 3.05) is 0 Å². The van der Waals surface area contributed by atoms with E-state index in [9.17, 15) is 14.3 Å². The molecule has 3 atom stereocenters. The summed E-state index contributed by atoms with van der Waals surface area (Å²) in [6.07, 6.45) is -0.482. The highest BCUT2D eigenvalue weighted by molar-refractivity contribution is 5.87. The molecule has 2 aromatic carbocycles. The number of nitrogens with one attached hydrogen (secondary N) is 1. The zero-order valence-electron chi connectivity index (χ0n) is 13.9. The summed E-state index contributed by atoms with van der Waals surface area (Å²) in [7, 11) is 0. The van der Waals surface area contributed by atoms with E-state index in [0.29, 0.717) is 17.5 Å². The van der Waals surface area contributed by atoms with Crippen LogP contribution in [0.4, 0.5) is 4.39 Å². The van der Waals surface area contributed by atoms with E-state index in [0.717, 1.165) is 0 Å². The molecule has 4 nitrogen and oxygen atoms in total. The summed E-state index contributed by atoms with van der Waals surface area (Å²) in [5.74, 6) is -0.665. The molecule has 0 fully saturated rings. The summed E-state index contributed by atoms with van der Waals surface area (Å²) < 4.78 is 12.9. The number of hydrogen-bond donors (Lipinski definition) is 3. The number of carbonyl (C=O) groups is 1. The van der Waals surface area contributed by atoms with Crippen molar-refractivity contribution in [3.8, 4) is 0 Å². The summed E-state index contributed by atoms with van der Waals surface area (Å²) in [6.45, 7) is 3.45. The SMILES string of the molecule is CC(CC(O)c1ccc(F)cc1)NC(=O)C(C)(N)c1ccccc1. The molecule has 4 N–H and O–H groups in total. The fourth-order valence-corrected chi connectivity index (χ4v) is 2.50. The lowest BCUT2D eigenvalue weighted by molar-refractivity contribution is -0.126. The first-order chi connectivity index (χ1) is 11.3. The summed E-state index contributed by atoms with van der Waals surface area (Å²) >= 11 is 0. The molecule has 0 saturated heterocycles. The highest BCUT2D eigenvalue weighted by Gasteiger charge is 2.31. The van der Waals surface area contributed by atoms with E-state index in [-0.39, 0.29) is 17.8 Å². The Balaban J connectivity index is 1.97. The maximum absolute atomic E-state index is 12.9. The number of hydrogen-bond acceptors (Lipinski definition) is 3. The molecule has 0 aliphatic heterocycles. The van der Waals surface area contributed by atoms with Gasteiger partial charge >= 0.3 is 0 Å². The third-order valence-electron chi connectivity index (χ3n) is 4.05. The van der Waals surface area contributed by atoms with Crippen LogP contribution in [0.25, 0.3) is 0 Å². The lowest BCUT2D eigenvalue weighted by atomic mass is 9.91. The van der Waals surface area contributed by atoms with Gasteiger partial charge in [-0.2, -0.15) is 0 Å². The smallest absolute Gasteiger partial charge is 0.244 e. The second-order valence-electron chi connectivity index (χ2n) is 6.25. The van der Waals surface area contributed by atoms with Gasteiger partial charge in [-0.05, 0) is 43.5 Å². The molecule has 3 unspecified atom stereocenters. The Kier molecular flexibility index (Phi) is 5.70. The number of halogens is 1. The fourth-order valence-electron chi connectivity index (χ4n) is 2.50. The van der Waals surface area contributed by atoms with Crippen LogP contribution in [-0.2, 0) is 10.3 Å². The zero-order chi connectivity index (χ0) is 17.7. The minimum Gasteiger partial charge on any atom is -0.388 e. The summed E-state index contributed by atoms with van der Waals surface area (Å²) in [5.41, 5.74) is 6.34. The minimum absolute atomic E-state index is 0.288. The van der Waals surface area contributed by atoms with E-state index < -0.39 is 11.6 Å². The summed E-state index contributed by atoms with van der Waals surface area (Å²) in [6, 6.07) is 14.5. The first-order valence-electron chi connectivity index (χ1n) is 7.89. The van der Waals surface area contributed by atoms with Crippen LogP contribution in [0.5, 0.6) is 0 Å². The Hall–Kier alpha value is -2.24. The number of amides is 1. The van der Waals surface area contributed by atoms with Gasteiger partial charge in [0.25, 0.3) is 0 Å². The molecule has 0 aromatic heterocycles. The third-order valence-corrected chi connectivity index (χ3v) is 4.05. The lowest BCUT2D eigenvalue weighted by Crippen LogP contribution is -2.51. The monoisotopic (exact) mass is 330 g/mol. The first-order valence-corrected chi connectivity index (χ1v) is 7.89. The van der Waals surface area contributed by atoms with Crippen molar-refractivity contribution in [3.63, 3.8) is 0 Å². The highest BCUT2D eigenvalue weighted by Crippen LogP contribution is 2.21. The van der Waals surface area contributed by atoms with Crippen molar-refractivity contribution in [2.45, 2.75) is 38.0 Å². The van der Waals surface area contributed by atoms with Gasteiger partial charge in [0.05, 0.1) is 6.10 Å². The molecular weight excluding hydrogens is 307 g/mol. The van der Waals surface area contributed by atoms with E-state index in [1.165, 1.54) is 24.3 Å². The van der Waals surface area contributed by atoms with E-state index in [1.54, 1.807) is 26.0 Å². The molecule has 0 aliphatic carbocycles. The first kappa shape index (κ1) is 18.1. The predicted molar refractivity (Wildman–Crippen MR) is 91.6 cm³/mol. The van der Waals surface area contributed by atoms with Gasteiger partial charge < -0.3 is 16.2 Å². The van der Waals surface area contributed by atoms with Gasteiger partial charge in [-0.3, -0.25) is 4.79 Å². The molecule has 2 aromatic rings. The maximum atomic E-state index is 12.9. The molecule has 0 radical (unpaired) electrons. The molecule has 24 heavy (non-hydrogen) atoms. The van der Waals surface area contributed by atoms with E-state index >= 15 is 0 Å². The summed E-state index contributed by atoms with van der Waals surface area (Å²) in [5, 5.41) is 13.0. The van der Waals surface area contributed by atoms with Crippen molar-refractivity contribution in [3.05, 3.63) is 71.5 Å². The minimum atomic E-state index is -1.16. The Morgan fingerprint density at radius 1 is 1.21 bits per heavy atom. The Morgan fingerprint density at radius 2 is 1.79 bits per heavy atom. The van der Waals surface area contributed by atoms with Crippen molar-refractivity contribution in [1.82, 2.24) is 5.32 Å². The lowest BCUT2D eigenvalue weighted by Gasteiger charge is -2.27. The summed E-state index contributed by atoms with van der Waals surface area (Å²) in [4.78, 5) is 12.5. The van der Waals surface area contributed by atoms with Crippen LogP contribution in [0, 0.1) is 5.82 Å². The molecule has 2 rings (SSSR count). The van der Waals surface area contributed by atoms with Gasteiger partial charge in [-0.1, -0.05) is 42.5 Å². The number of nitrogens with two attached hydrogens (primary N) is 1. The third kappa shape index (κ3) is 4.40. The van der Waals surface area contributed by atoms with Gasteiger partial charge in [-0.25, -0.2) is 4.39 Å². The van der Waals surface area contributed by atoms with Gasteiger partial charge in [-0.15, -0.1) is 0 Å². The molecule has 0 heterocycles.